The van der Waals surface area contributed by atoms with Crippen molar-refractivity contribution in [2.24, 2.45) is 0 Å². The molecule has 1 rings (SSSR count). The molecule has 7 heteroatoms. The summed E-state index contributed by atoms with van der Waals surface area (Å²) in [6, 6.07) is 4.53. The van der Waals surface area contributed by atoms with Gasteiger partial charge in [-0.3, -0.25) is 9.59 Å². The van der Waals surface area contributed by atoms with E-state index in [0.717, 1.165) is 5.56 Å². The monoisotopic (exact) mass is 346 g/mol. The highest BCUT2D eigenvalue weighted by atomic mass is 35.5. The maximum absolute atomic E-state index is 12.4. The quantitative estimate of drug-likeness (QED) is 0.795. The van der Waals surface area contributed by atoms with Gasteiger partial charge in [0.1, 0.15) is 6.04 Å². The number of hydrogen-bond acceptors (Lipinski definition) is 3. The van der Waals surface area contributed by atoms with E-state index in [4.69, 9.17) is 28.3 Å². The van der Waals surface area contributed by atoms with Crippen molar-refractivity contribution in [3.8, 4) is 0 Å². The van der Waals surface area contributed by atoms with Gasteiger partial charge in [0.2, 0.25) is 11.8 Å². The number of aliphatic hydroxyl groups excluding tert-OH is 1. The zero-order valence-corrected chi connectivity index (χ0v) is 14.1. The Morgan fingerprint density at radius 2 is 2.00 bits per heavy atom. The summed E-state index contributed by atoms with van der Waals surface area (Å²) in [5, 5.41) is 12.4. The van der Waals surface area contributed by atoms with Crippen LogP contribution in [0.25, 0.3) is 0 Å². The lowest BCUT2D eigenvalue weighted by molar-refractivity contribution is -0.136. The smallest absolute Gasteiger partial charge is 0.245 e. The van der Waals surface area contributed by atoms with Gasteiger partial charge in [-0.25, -0.2) is 0 Å². The Balaban J connectivity index is 2.84. The summed E-state index contributed by atoms with van der Waals surface area (Å²) in [5.74, 6) is -0.479. The number of amides is 2. The molecule has 0 aliphatic heterocycles. The molecule has 0 saturated heterocycles. The van der Waals surface area contributed by atoms with E-state index in [-0.39, 0.29) is 18.4 Å². The van der Waals surface area contributed by atoms with Gasteiger partial charge >= 0.3 is 0 Å². The summed E-state index contributed by atoms with van der Waals surface area (Å²) in [4.78, 5) is 25.1. The van der Waals surface area contributed by atoms with Gasteiger partial charge in [0, 0.05) is 26.6 Å². The van der Waals surface area contributed by atoms with Gasteiger partial charge in [-0.2, -0.15) is 0 Å². The Morgan fingerprint density at radius 1 is 1.32 bits per heavy atom. The minimum absolute atomic E-state index is 0.0142. The maximum Gasteiger partial charge on any atom is 0.245 e. The Bertz CT molecular complexity index is 538. The van der Waals surface area contributed by atoms with E-state index in [2.05, 4.69) is 5.32 Å². The molecule has 2 N–H and O–H groups in total. The van der Waals surface area contributed by atoms with E-state index in [1.807, 2.05) is 0 Å². The fraction of sp³-hybridized carbons (Fsp3) is 0.467. The molecule has 22 heavy (non-hydrogen) atoms. The topological polar surface area (TPSA) is 69.6 Å². The fourth-order valence-corrected chi connectivity index (χ4v) is 2.35. The molecule has 122 valence electrons. The van der Waals surface area contributed by atoms with Crippen molar-refractivity contribution >= 4 is 35.0 Å². The zero-order chi connectivity index (χ0) is 16.7. The van der Waals surface area contributed by atoms with Gasteiger partial charge in [0.05, 0.1) is 10.0 Å². The molecule has 0 aromatic heterocycles. The van der Waals surface area contributed by atoms with Crippen LogP contribution >= 0.6 is 23.2 Å². The summed E-state index contributed by atoms with van der Waals surface area (Å²) in [6.45, 7) is 3.70. The van der Waals surface area contributed by atoms with E-state index in [0.29, 0.717) is 29.6 Å². The van der Waals surface area contributed by atoms with E-state index >= 15 is 0 Å². The number of nitrogens with one attached hydrogen (secondary N) is 1. The van der Waals surface area contributed by atoms with Crippen LogP contribution in [0.5, 0.6) is 0 Å². The lowest BCUT2D eigenvalue weighted by atomic mass is 10.2. The predicted molar refractivity (Wildman–Crippen MR) is 86.9 cm³/mol. The lowest BCUT2D eigenvalue weighted by Crippen LogP contribution is -2.46. The number of rotatable bonds is 7. The third-order valence-electron chi connectivity index (χ3n) is 3.05. The average Bonchev–Trinajstić information content (AvgIpc) is 2.45. The minimum atomic E-state index is -0.626. The second kappa shape index (κ2) is 8.98. The molecule has 1 aromatic carbocycles. The molecule has 0 heterocycles. The molecule has 0 saturated carbocycles. The van der Waals surface area contributed by atoms with Crippen molar-refractivity contribution < 1.29 is 14.7 Å². The molecule has 0 aliphatic carbocycles. The summed E-state index contributed by atoms with van der Waals surface area (Å²) in [6.07, 6.45) is 0.458. The van der Waals surface area contributed by atoms with Crippen LogP contribution in [0.1, 0.15) is 25.8 Å². The lowest BCUT2D eigenvalue weighted by Gasteiger charge is -2.26. The SMILES string of the molecule is CC(=O)NC(C)C(=O)N(CCCO)Cc1ccc(Cl)c(Cl)c1. The predicted octanol–water partition coefficient (Wildman–Crippen LogP) is 2.23. The highest BCUT2D eigenvalue weighted by Crippen LogP contribution is 2.23. The van der Waals surface area contributed by atoms with Crippen LogP contribution in [-0.2, 0) is 16.1 Å². The Hall–Kier alpha value is -1.30. The standard InChI is InChI=1S/C15H20Cl2N2O3/c1-10(18-11(2)21)15(22)19(6-3-7-20)9-12-4-5-13(16)14(17)8-12/h4-5,8,10,20H,3,6-7,9H2,1-2H3,(H,18,21). The van der Waals surface area contributed by atoms with Crippen molar-refractivity contribution in [3.05, 3.63) is 33.8 Å². The van der Waals surface area contributed by atoms with Gasteiger partial charge < -0.3 is 15.3 Å². The van der Waals surface area contributed by atoms with Crippen LogP contribution in [0.3, 0.4) is 0 Å². The number of carbonyl (C=O) groups is 2. The summed E-state index contributed by atoms with van der Waals surface area (Å²) < 4.78 is 0. The first-order valence-corrected chi connectivity index (χ1v) is 7.71. The number of nitrogens with zero attached hydrogens (tertiary/aromatic N) is 1. The third kappa shape index (κ3) is 5.83. The second-order valence-corrected chi connectivity index (χ2v) is 5.82. The highest BCUT2D eigenvalue weighted by molar-refractivity contribution is 6.42. The first-order chi connectivity index (χ1) is 10.3. The highest BCUT2D eigenvalue weighted by Gasteiger charge is 2.21. The maximum atomic E-state index is 12.4. The van der Waals surface area contributed by atoms with Crippen LogP contribution in [0.2, 0.25) is 10.0 Å². The summed E-state index contributed by atoms with van der Waals surface area (Å²) in [7, 11) is 0. The first kappa shape index (κ1) is 18.7. The van der Waals surface area contributed by atoms with Crippen molar-refractivity contribution in [1.82, 2.24) is 10.2 Å². The van der Waals surface area contributed by atoms with Gasteiger partial charge in [0.25, 0.3) is 0 Å². The van der Waals surface area contributed by atoms with Crippen LogP contribution in [0.4, 0.5) is 0 Å². The van der Waals surface area contributed by atoms with Crippen molar-refractivity contribution in [3.63, 3.8) is 0 Å². The molecule has 0 aliphatic rings. The average molecular weight is 347 g/mol. The van der Waals surface area contributed by atoms with Crippen LogP contribution < -0.4 is 5.32 Å². The third-order valence-corrected chi connectivity index (χ3v) is 3.78. The van der Waals surface area contributed by atoms with Gasteiger partial charge in [-0.15, -0.1) is 0 Å². The number of hydrogen-bond donors (Lipinski definition) is 2. The van der Waals surface area contributed by atoms with Crippen LogP contribution in [0, 0.1) is 0 Å². The van der Waals surface area contributed by atoms with Crippen LogP contribution in [0.15, 0.2) is 18.2 Å². The van der Waals surface area contributed by atoms with E-state index < -0.39 is 6.04 Å². The zero-order valence-electron chi connectivity index (χ0n) is 12.6. The van der Waals surface area contributed by atoms with Gasteiger partial charge in [-0.05, 0) is 31.0 Å². The first-order valence-electron chi connectivity index (χ1n) is 6.95. The van der Waals surface area contributed by atoms with Crippen molar-refractivity contribution in [1.29, 1.82) is 0 Å². The molecule has 0 fully saturated rings. The Kier molecular flexibility index (Phi) is 7.65. The number of benzene rings is 1. The Morgan fingerprint density at radius 3 is 2.55 bits per heavy atom. The van der Waals surface area contributed by atoms with Crippen molar-refractivity contribution in [2.75, 3.05) is 13.2 Å². The van der Waals surface area contributed by atoms with Gasteiger partial charge in [0.15, 0.2) is 0 Å². The summed E-state index contributed by atoms with van der Waals surface area (Å²) in [5.41, 5.74) is 0.829. The number of aliphatic hydroxyl groups is 1. The van der Waals surface area contributed by atoms with Gasteiger partial charge in [-0.1, -0.05) is 29.3 Å². The second-order valence-electron chi connectivity index (χ2n) is 5.01. The molecule has 1 atom stereocenters. The largest absolute Gasteiger partial charge is 0.396 e. The molecule has 1 unspecified atom stereocenters. The molecule has 1 aromatic rings. The normalized spacial score (nSPS) is 11.9. The number of halogens is 2. The fourth-order valence-electron chi connectivity index (χ4n) is 2.03. The van der Waals surface area contributed by atoms with E-state index in [1.54, 1.807) is 30.0 Å². The molecule has 0 bridgehead atoms. The van der Waals surface area contributed by atoms with Crippen molar-refractivity contribution in [2.45, 2.75) is 32.9 Å². The molecular formula is C15H20Cl2N2O3. The Labute approximate surface area is 140 Å². The molecule has 0 radical (unpaired) electrons. The summed E-state index contributed by atoms with van der Waals surface area (Å²) >= 11 is 11.9. The van der Waals surface area contributed by atoms with E-state index in [1.165, 1.54) is 6.92 Å². The minimum Gasteiger partial charge on any atom is -0.396 e. The molecule has 2 amide bonds. The molecule has 5 nitrogen and oxygen atoms in total. The molecular weight excluding hydrogens is 327 g/mol. The van der Waals surface area contributed by atoms with E-state index in [9.17, 15) is 9.59 Å². The molecule has 0 spiro atoms. The van der Waals surface area contributed by atoms with Crippen LogP contribution in [-0.4, -0.2) is 41.0 Å². The number of carbonyl (C=O) groups excluding carboxylic acids is 2.